The summed E-state index contributed by atoms with van der Waals surface area (Å²) in [5.41, 5.74) is 0.00926. The third-order valence-electron chi connectivity index (χ3n) is 0.908. The number of carbonyl (C=O) groups is 2. The van der Waals surface area contributed by atoms with Gasteiger partial charge in [-0.1, -0.05) is 0 Å². The number of hydrogen-bond acceptors (Lipinski definition) is 2. The van der Waals surface area contributed by atoms with Crippen molar-refractivity contribution in [3.05, 3.63) is 0 Å². The molecule has 2 amide bonds. The van der Waals surface area contributed by atoms with E-state index < -0.39 is 8.58 Å². The first kappa shape index (κ1) is 4.72. The number of nitrogens with zero attached hydrogens (tertiary/aromatic N) is 1. The van der Waals surface area contributed by atoms with Crippen molar-refractivity contribution in [1.29, 1.82) is 0 Å². The van der Waals surface area contributed by atoms with Crippen LogP contribution in [0.2, 0.25) is 0 Å². The topological polar surface area (TPSA) is 37.4 Å². The summed E-state index contributed by atoms with van der Waals surface area (Å²) in [7, 11) is 0.977. The number of amides is 2. The third-order valence-corrected chi connectivity index (χ3v) is 2.18. The molecular weight excluding hydrogens is 113 g/mol. The molecule has 1 fully saturated rings. The van der Waals surface area contributed by atoms with Crippen molar-refractivity contribution in [3.63, 3.8) is 0 Å². The van der Waals surface area contributed by atoms with Gasteiger partial charge in [0.25, 0.3) is 0 Å². The van der Waals surface area contributed by atoms with Gasteiger partial charge in [-0.25, -0.2) is 14.5 Å². The van der Waals surface area contributed by atoms with E-state index in [4.69, 9.17) is 0 Å². The van der Waals surface area contributed by atoms with Crippen LogP contribution in [0.5, 0.6) is 0 Å². The van der Waals surface area contributed by atoms with E-state index in [1.165, 1.54) is 7.05 Å². The lowest BCUT2D eigenvalue weighted by Crippen LogP contribution is -2.35. The largest absolute Gasteiger partial charge is 0.376 e. The van der Waals surface area contributed by atoms with Crippen molar-refractivity contribution in [1.82, 2.24) is 4.90 Å². The molecule has 1 heterocycles. The zero-order chi connectivity index (χ0) is 5.44. The highest BCUT2D eigenvalue weighted by Gasteiger charge is 2.39. The maximum Gasteiger partial charge on any atom is 0.376 e. The van der Waals surface area contributed by atoms with E-state index in [-0.39, 0.29) is 11.3 Å². The molecule has 38 valence electrons. The van der Waals surface area contributed by atoms with Crippen LogP contribution in [0.3, 0.4) is 0 Å². The second-order valence-corrected chi connectivity index (χ2v) is 2.66. The summed E-state index contributed by atoms with van der Waals surface area (Å²) in [5.74, 6) is 0. The van der Waals surface area contributed by atoms with E-state index in [1.54, 1.807) is 0 Å². The molecule has 0 atom stereocenters. The van der Waals surface area contributed by atoms with Crippen molar-refractivity contribution in [2.45, 2.75) is 0 Å². The molecule has 1 aliphatic rings. The molecule has 0 N–H and O–H groups in total. The predicted molar refractivity (Wildman–Crippen MR) is 28.3 cm³/mol. The average molecular weight is 118 g/mol. The SMILES string of the molecule is CN1C(=O)[PH2+]C1=O. The molecule has 0 radical (unpaired) electrons. The van der Waals surface area contributed by atoms with Gasteiger partial charge in [-0.05, 0) is 0 Å². The maximum atomic E-state index is 10.2. The molecule has 0 aromatic heterocycles. The molecule has 1 saturated heterocycles. The van der Waals surface area contributed by atoms with Crippen LogP contribution in [0.15, 0.2) is 0 Å². The molecule has 4 heteroatoms. The fraction of sp³-hybridized carbons (Fsp3) is 0.333. The molecule has 0 aliphatic carbocycles. The Kier molecular flexibility index (Phi) is 0.857. The Hall–Kier alpha value is -0.430. The quantitative estimate of drug-likeness (QED) is 0.436. The fourth-order valence-corrected chi connectivity index (χ4v) is 0.988. The second-order valence-electron chi connectivity index (χ2n) is 1.38. The summed E-state index contributed by atoms with van der Waals surface area (Å²) in [6.07, 6.45) is 0. The van der Waals surface area contributed by atoms with Crippen molar-refractivity contribution in [3.8, 4) is 0 Å². The van der Waals surface area contributed by atoms with Crippen LogP contribution in [0.25, 0.3) is 0 Å². The third kappa shape index (κ3) is 0.530. The monoisotopic (exact) mass is 118 g/mol. The predicted octanol–water partition coefficient (Wildman–Crippen LogP) is 0.583. The van der Waals surface area contributed by atoms with Crippen LogP contribution < -0.4 is 0 Å². The Labute approximate surface area is 42.5 Å². The standard InChI is InChI=1S/C3H4NO2P/c1-4-2(5)7-3(4)6/h7H,1H3/p+1. The number of imide groups is 1. The van der Waals surface area contributed by atoms with Gasteiger partial charge >= 0.3 is 11.3 Å². The normalized spacial score (nSPS) is 19.9. The molecule has 1 aliphatic heterocycles. The van der Waals surface area contributed by atoms with Crippen molar-refractivity contribution in [2.24, 2.45) is 0 Å². The number of carbonyl (C=O) groups excluding carboxylic acids is 2. The Balaban J connectivity index is 2.59. The Bertz CT molecular complexity index is 119. The molecule has 0 saturated carbocycles. The summed E-state index contributed by atoms with van der Waals surface area (Å²) < 4.78 is 0. The minimum Gasteiger partial charge on any atom is -0.226 e. The molecule has 7 heavy (non-hydrogen) atoms. The average Bonchev–Trinajstić information content (AvgIpc) is 1.68. The van der Waals surface area contributed by atoms with Crippen molar-refractivity contribution >= 4 is 19.9 Å². The Morgan fingerprint density at radius 3 is 1.86 bits per heavy atom. The summed E-state index contributed by atoms with van der Waals surface area (Å²) in [6.45, 7) is 0. The van der Waals surface area contributed by atoms with E-state index in [2.05, 4.69) is 0 Å². The molecule has 1 rings (SSSR count). The zero-order valence-electron chi connectivity index (χ0n) is 3.84. The molecule has 0 bridgehead atoms. The molecule has 0 aromatic rings. The van der Waals surface area contributed by atoms with Crippen molar-refractivity contribution in [2.75, 3.05) is 7.05 Å². The summed E-state index contributed by atoms with van der Waals surface area (Å²) in [6, 6.07) is 0. The van der Waals surface area contributed by atoms with Gasteiger partial charge in [-0.2, -0.15) is 0 Å². The first-order valence-electron chi connectivity index (χ1n) is 1.88. The van der Waals surface area contributed by atoms with Gasteiger partial charge in [-0.3, -0.25) is 0 Å². The van der Waals surface area contributed by atoms with E-state index in [0.29, 0.717) is 0 Å². The Morgan fingerprint density at radius 2 is 1.86 bits per heavy atom. The van der Waals surface area contributed by atoms with E-state index in [9.17, 15) is 9.59 Å². The van der Waals surface area contributed by atoms with Crippen LogP contribution in [-0.4, -0.2) is 23.2 Å². The van der Waals surface area contributed by atoms with Gasteiger partial charge in [0.2, 0.25) is 0 Å². The first-order valence-corrected chi connectivity index (χ1v) is 3.03. The van der Waals surface area contributed by atoms with E-state index in [1.807, 2.05) is 0 Å². The lowest BCUT2D eigenvalue weighted by atomic mass is 10.9. The number of rotatable bonds is 0. The highest BCUT2D eigenvalue weighted by Crippen LogP contribution is 2.30. The molecule has 0 unspecified atom stereocenters. The van der Waals surface area contributed by atoms with Gasteiger partial charge in [0.05, 0.1) is 0 Å². The number of hydrogen-bond donors (Lipinski definition) is 0. The van der Waals surface area contributed by atoms with Crippen LogP contribution in [0, 0.1) is 0 Å². The van der Waals surface area contributed by atoms with Gasteiger partial charge in [0.1, 0.15) is 0 Å². The minimum absolute atomic E-state index is 0.00463. The summed E-state index contributed by atoms with van der Waals surface area (Å²) >= 11 is 0. The maximum absolute atomic E-state index is 10.2. The van der Waals surface area contributed by atoms with Gasteiger partial charge in [0.15, 0.2) is 8.58 Å². The fourth-order valence-electron chi connectivity index (χ4n) is 0.342. The summed E-state index contributed by atoms with van der Waals surface area (Å²) in [4.78, 5) is 21.5. The summed E-state index contributed by atoms with van der Waals surface area (Å²) in [5, 5.41) is 0. The lowest BCUT2D eigenvalue weighted by molar-refractivity contribution is 0.216. The molecule has 3 nitrogen and oxygen atoms in total. The Morgan fingerprint density at radius 1 is 1.43 bits per heavy atom. The van der Waals surface area contributed by atoms with E-state index >= 15 is 0 Å². The van der Waals surface area contributed by atoms with Gasteiger partial charge in [0, 0.05) is 7.05 Å². The van der Waals surface area contributed by atoms with Crippen molar-refractivity contribution < 1.29 is 9.59 Å². The lowest BCUT2D eigenvalue weighted by Gasteiger charge is -2.13. The smallest absolute Gasteiger partial charge is 0.226 e. The minimum atomic E-state index is -0.524. The molecule has 0 spiro atoms. The highest BCUT2D eigenvalue weighted by molar-refractivity contribution is 7.77. The van der Waals surface area contributed by atoms with Crippen LogP contribution in [0.1, 0.15) is 0 Å². The molecule has 0 aromatic carbocycles. The first-order chi connectivity index (χ1) is 3.22. The second kappa shape index (κ2) is 1.27. The molecular formula is C3H5NO2P+. The van der Waals surface area contributed by atoms with Crippen LogP contribution in [0.4, 0.5) is 9.59 Å². The van der Waals surface area contributed by atoms with Gasteiger partial charge < -0.3 is 0 Å². The van der Waals surface area contributed by atoms with E-state index in [0.717, 1.165) is 4.90 Å². The highest BCUT2D eigenvalue weighted by atomic mass is 31.1. The van der Waals surface area contributed by atoms with Crippen LogP contribution >= 0.6 is 8.58 Å². The van der Waals surface area contributed by atoms with Crippen LogP contribution in [-0.2, 0) is 0 Å². The zero-order valence-corrected chi connectivity index (χ0v) is 5.00. The van der Waals surface area contributed by atoms with Gasteiger partial charge in [-0.15, -0.1) is 0 Å².